The lowest BCUT2D eigenvalue weighted by atomic mass is 9.90. The van der Waals surface area contributed by atoms with Crippen molar-refractivity contribution < 1.29 is 33.6 Å². The van der Waals surface area contributed by atoms with E-state index in [2.05, 4.69) is 5.32 Å². The summed E-state index contributed by atoms with van der Waals surface area (Å²) in [5.74, 6) is 0.647. The zero-order valence-corrected chi connectivity index (χ0v) is 18.6. The Bertz CT molecular complexity index is 993. The van der Waals surface area contributed by atoms with Crippen molar-refractivity contribution in [2.45, 2.75) is 18.9 Å². The molecule has 1 amide bonds. The van der Waals surface area contributed by atoms with Gasteiger partial charge in [-0.25, -0.2) is 0 Å². The van der Waals surface area contributed by atoms with Gasteiger partial charge in [0.25, 0.3) is 0 Å². The highest BCUT2D eigenvalue weighted by molar-refractivity contribution is 5.94. The van der Waals surface area contributed by atoms with Crippen molar-refractivity contribution in [3.8, 4) is 23.0 Å². The number of nitrogens with zero attached hydrogens (tertiary/aromatic N) is 1. The van der Waals surface area contributed by atoms with Crippen LogP contribution < -0.4 is 29.4 Å². The van der Waals surface area contributed by atoms with Crippen molar-refractivity contribution in [2.75, 3.05) is 46.8 Å². The number of carbonyl (C=O) groups is 2. The number of carboxylic acids is 1. The van der Waals surface area contributed by atoms with Gasteiger partial charge in [-0.2, -0.15) is 0 Å². The van der Waals surface area contributed by atoms with Gasteiger partial charge in [-0.15, -0.1) is 0 Å². The number of hydrogen-bond donors (Lipinski definition) is 1. The predicted octanol–water partition coefficient (Wildman–Crippen LogP) is 1.40. The van der Waals surface area contributed by atoms with E-state index in [0.717, 1.165) is 11.1 Å². The summed E-state index contributed by atoms with van der Waals surface area (Å²) in [7, 11) is 6.12. The first kappa shape index (κ1) is 23.2. The van der Waals surface area contributed by atoms with Crippen LogP contribution in [0.25, 0.3) is 0 Å². The molecule has 0 radical (unpaired) electrons. The number of carbonyl (C=O) groups excluding carboxylic acids is 2. The minimum absolute atomic E-state index is 0.00784. The van der Waals surface area contributed by atoms with Crippen molar-refractivity contribution in [2.24, 2.45) is 0 Å². The van der Waals surface area contributed by atoms with Crippen LogP contribution in [-0.4, -0.2) is 58.3 Å². The molecule has 32 heavy (non-hydrogen) atoms. The summed E-state index contributed by atoms with van der Waals surface area (Å²) in [6.45, 7) is 0.495. The van der Waals surface area contributed by atoms with Crippen molar-refractivity contribution in [3.05, 3.63) is 41.5 Å². The van der Waals surface area contributed by atoms with Crippen LogP contribution in [0.1, 0.15) is 23.6 Å². The first-order valence-electron chi connectivity index (χ1n) is 10.1. The van der Waals surface area contributed by atoms with E-state index in [9.17, 15) is 14.7 Å². The van der Waals surface area contributed by atoms with Gasteiger partial charge in [-0.3, -0.25) is 9.69 Å². The molecule has 3 rings (SSSR count). The van der Waals surface area contributed by atoms with Gasteiger partial charge in [0.1, 0.15) is 11.5 Å². The first-order chi connectivity index (χ1) is 15.4. The summed E-state index contributed by atoms with van der Waals surface area (Å²) in [5, 5.41) is 14.3. The number of hydrogen-bond acceptors (Lipinski definition) is 8. The summed E-state index contributed by atoms with van der Waals surface area (Å²) in [6, 6.07) is 8.18. The molecule has 0 saturated carbocycles. The molecule has 1 heterocycles. The van der Waals surface area contributed by atoms with E-state index in [4.69, 9.17) is 18.9 Å². The lowest BCUT2D eigenvalue weighted by Gasteiger charge is -2.37. The van der Waals surface area contributed by atoms with Gasteiger partial charge in [0, 0.05) is 31.0 Å². The number of anilines is 1. The van der Waals surface area contributed by atoms with E-state index in [1.807, 2.05) is 11.0 Å². The highest BCUT2D eigenvalue weighted by Crippen LogP contribution is 2.39. The molecule has 0 saturated heterocycles. The number of ether oxygens (including phenoxy) is 4. The van der Waals surface area contributed by atoms with E-state index < -0.39 is 12.0 Å². The van der Waals surface area contributed by atoms with Crippen LogP contribution in [0, 0.1) is 0 Å². The minimum Gasteiger partial charge on any atom is -0.550 e. The van der Waals surface area contributed by atoms with Gasteiger partial charge in [0.05, 0.1) is 40.7 Å². The van der Waals surface area contributed by atoms with Gasteiger partial charge in [-0.05, 0) is 41.8 Å². The molecule has 2 aromatic rings. The second kappa shape index (κ2) is 10.2. The lowest BCUT2D eigenvalue weighted by molar-refractivity contribution is -0.307. The number of methoxy groups -OCH3 is 4. The zero-order chi connectivity index (χ0) is 23.3. The highest BCUT2D eigenvalue weighted by atomic mass is 16.5. The van der Waals surface area contributed by atoms with Crippen LogP contribution in [0.4, 0.5) is 5.69 Å². The molecule has 0 fully saturated rings. The average molecular weight is 443 g/mol. The Morgan fingerprint density at radius 3 is 2.31 bits per heavy atom. The largest absolute Gasteiger partial charge is 0.550 e. The monoisotopic (exact) mass is 443 g/mol. The molecular weight excluding hydrogens is 416 g/mol. The maximum Gasteiger partial charge on any atom is 0.238 e. The van der Waals surface area contributed by atoms with Gasteiger partial charge in [-0.1, -0.05) is 0 Å². The van der Waals surface area contributed by atoms with Crippen LogP contribution in [0.2, 0.25) is 0 Å². The molecule has 1 unspecified atom stereocenters. The second-order valence-corrected chi connectivity index (χ2v) is 7.33. The molecule has 1 N–H and O–H groups in total. The van der Waals surface area contributed by atoms with E-state index in [-0.39, 0.29) is 18.9 Å². The van der Waals surface area contributed by atoms with E-state index in [1.165, 1.54) is 21.3 Å². The number of benzene rings is 2. The summed E-state index contributed by atoms with van der Waals surface area (Å²) < 4.78 is 21.3. The van der Waals surface area contributed by atoms with Crippen molar-refractivity contribution >= 4 is 17.6 Å². The van der Waals surface area contributed by atoms with Crippen molar-refractivity contribution in [1.82, 2.24) is 4.90 Å². The molecule has 1 aliphatic rings. The fourth-order valence-electron chi connectivity index (χ4n) is 3.95. The average Bonchev–Trinajstić information content (AvgIpc) is 2.79. The van der Waals surface area contributed by atoms with Crippen LogP contribution in [0.15, 0.2) is 30.3 Å². The van der Waals surface area contributed by atoms with Crippen LogP contribution in [-0.2, 0) is 16.0 Å². The van der Waals surface area contributed by atoms with Crippen LogP contribution in [0.3, 0.4) is 0 Å². The van der Waals surface area contributed by atoms with Crippen molar-refractivity contribution in [1.29, 1.82) is 0 Å². The van der Waals surface area contributed by atoms with Gasteiger partial charge < -0.3 is 34.2 Å². The maximum atomic E-state index is 12.9. The molecule has 0 aromatic heterocycles. The fraction of sp³-hybridized carbons (Fsp3) is 0.391. The topological polar surface area (TPSA) is 109 Å². The van der Waals surface area contributed by atoms with Gasteiger partial charge in [0.15, 0.2) is 11.5 Å². The van der Waals surface area contributed by atoms with Crippen molar-refractivity contribution in [3.63, 3.8) is 0 Å². The molecule has 1 aliphatic heterocycles. The SMILES string of the molecule is COc1ccc(OC)c(NC(=O)CN2CCc3cc(OC)c(OC)cc3C2CC(=O)[O-])c1. The Labute approximate surface area is 186 Å². The Kier molecular flexibility index (Phi) is 7.42. The smallest absolute Gasteiger partial charge is 0.238 e. The molecule has 172 valence electrons. The third-order valence-electron chi connectivity index (χ3n) is 5.50. The molecule has 1 atom stereocenters. The van der Waals surface area contributed by atoms with Crippen LogP contribution in [0.5, 0.6) is 23.0 Å². The fourth-order valence-corrected chi connectivity index (χ4v) is 3.95. The maximum absolute atomic E-state index is 12.9. The third-order valence-corrected chi connectivity index (χ3v) is 5.50. The zero-order valence-electron chi connectivity index (χ0n) is 18.6. The van der Waals surface area contributed by atoms with E-state index in [0.29, 0.717) is 41.7 Å². The Morgan fingerprint density at radius 2 is 1.69 bits per heavy atom. The Balaban J connectivity index is 1.85. The summed E-state index contributed by atoms with van der Waals surface area (Å²) in [4.78, 5) is 26.2. The molecule has 9 heteroatoms. The number of amides is 1. The number of rotatable bonds is 9. The molecule has 0 aliphatic carbocycles. The normalized spacial score (nSPS) is 15.4. The first-order valence-corrected chi connectivity index (χ1v) is 10.1. The number of carboxylic acid groups (broad SMARTS) is 1. The predicted molar refractivity (Wildman–Crippen MR) is 115 cm³/mol. The highest BCUT2D eigenvalue weighted by Gasteiger charge is 2.30. The third kappa shape index (κ3) is 5.05. The standard InChI is InChI=1S/C23H28N2O7/c1-29-15-5-6-19(30-2)17(10-15)24-22(26)13-25-8-7-14-9-20(31-3)21(32-4)11-16(14)18(25)12-23(27)28/h5-6,9-11,18H,7-8,12-13H2,1-4H3,(H,24,26)(H,27,28)/p-1. The van der Waals surface area contributed by atoms with E-state index >= 15 is 0 Å². The molecule has 0 bridgehead atoms. The lowest BCUT2D eigenvalue weighted by Crippen LogP contribution is -2.43. The summed E-state index contributed by atoms with van der Waals surface area (Å²) in [6.07, 6.45) is 0.382. The number of nitrogens with one attached hydrogen (secondary N) is 1. The number of fused-ring (bicyclic) bond motifs is 1. The number of aliphatic carboxylic acids is 1. The van der Waals surface area contributed by atoms with Crippen LogP contribution >= 0.6 is 0 Å². The molecular formula is C23H27N2O7-. The molecule has 0 spiro atoms. The summed E-state index contributed by atoms with van der Waals surface area (Å²) in [5.41, 5.74) is 2.21. The minimum atomic E-state index is -1.20. The second-order valence-electron chi connectivity index (χ2n) is 7.33. The quantitative estimate of drug-likeness (QED) is 0.619. The molecule has 2 aromatic carbocycles. The molecule has 9 nitrogen and oxygen atoms in total. The Hall–Kier alpha value is -3.46. The van der Waals surface area contributed by atoms with Gasteiger partial charge >= 0.3 is 0 Å². The Morgan fingerprint density at radius 1 is 1.00 bits per heavy atom. The van der Waals surface area contributed by atoms with Gasteiger partial charge in [0.2, 0.25) is 5.91 Å². The van der Waals surface area contributed by atoms with E-state index in [1.54, 1.807) is 31.4 Å². The summed E-state index contributed by atoms with van der Waals surface area (Å²) >= 11 is 0.